The van der Waals surface area contributed by atoms with Gasteiger partial charge in [0.1, 0.15) is 0 Å². The number of esters is 1. The van der Waals surface area contributed by atoms with Crippen molar-refractivity contribution >= 4 is 17.8 Å². The van der Waals surface area contributed by atoms with Gasteiger partial charge in [-0.05, 0) is 43.9 Å². The normalized spacial score (nSPS) is 14.3. The highest BCUT2D eigenvalue weighted by Crippen LogP contribution is 2.23. The molecule has 1 N–H and O–H groups in total. The summed E-state index contributed by atoms with van der Waals surface area (Å²) < 4.78 is 4.95. The van der Waals surface area contributed by atoms with Crippen LogP contribution in [0.15, 0.2) is 24.3 Å². The van der Waals surface area contributed by atoms with Crippen molar-refractivity contribution in [2.75, 3.05) is 19.7 Å². The third-order valence-corrected chi connectivity index (χ3v) is 5.32. The molecule has 160 valence electrons. The summed E-state index contributed by atoms with van der Waals surface area (Å²) in [6.45, 7) is 5.54. The second kappa shape index (κ2) is 12.2. The van der Waals surface area contributed by atoms with E-state index in [-0.39, 0.29) is 30.1 Å². The van der Waals surface area contributed by atoms with Gasteiger partial charge in [-0.2, -0.15) is 0 Å². The number of nitrogens with one attached hydrogen (secondary N) is 1. The SMILES string of the molecule is CCCN(CCC(=O)OCC)C(=O)c1ccc(CNC(=O)C2CCCCC2)cc1. The van der Waals surface area contributed by atoms with Gasteiger partial charge in [-0.1, -0.05) is 38.3 Å². The second-order valence-corrected chi connectivity index (χ2v) is 7.60. The van der Waals surface area contributed by atoms with Crippen LogP contribution in [0.2, 0.25) is 0 Å². The van der Waals surface area contributed by atoms with Gasteiger partial charge in [0.15, 0.2) is 0 Å². The van der Waals surface area contributed by atoms with Gasteiger partial charge in [0.2, 0.25) is 5.91 Å². The molecule has 1 saturated carbocycles. The van der Waals surface area contributed by atoms with Crippen LogP contribution in [0.5, 0.6) is 0 Å². The van der Waals surface area contributed by atoms with E-state index < -0.39 is 0 Å². The van der Waals surface area contributed by atoms with E-state index in [4.69, 9.17) is 4.74 Å². The highest BCUT2D eigenvalue weighted by atomic mass is 16.5. The number of rotatable bonds is 10. The zero-order valence-electron chi connectivity index (χ0n) is 17.7. The van der Waals surface area contributed by atoms with Crippen LogP contribution in [0.4, 0.5) is 0 Å². The summed E-state index contributed by atoms with van der Waals surface area (Å²) in [5, 5.41) is 3.02. The molecular weight excluding hydrogens is 368 g/mol. The Morgan fingerprint density at radius 3 is 2.34 bits per heavy atom. The Balaban J connectivity index is 1.88. The number of amides is 2. The molecule has 2 amide bonds. The molecule has 1 aliphatic carbocycles. The first-order valence-corrected chi connectivity index (χ1v) is 10.9. The van der Waals surface area contributed by atoms with Crippen LogP contribution >= 0.6 is 0 Å². The van der Waals surface area contributed by atoms with Gasteiger partial charge < -0.3 is 15.0 Å². The predicted octanol–water partition coefficient (Wildman–Crippen LogP) is 3.69. The fourth-order valence-electron chi connectivity index (χ4n) is 3.69. The zero-order valence-corrected chi connectivity index (χ0v) is 17.7. The minimum atomic E-state index is -0.287. The summed E-state index contributed by atoms with van der Waals surface area (Å²) in [7, 11) is 0. The Morgan fingerprint density at radius 2 is 1.72 bits per heavy atom. The lowest BCUT2D eigenvalue weighted by molar-refractivity contribution is -0.143. The lowest BCUT2D eigenvalue weighted by Gasteiger charge is -2.22. The van der Waals surface area contributed by atoms with Gasteiger partial charge in [0.05, 0.1) is 13.0 Å². The molecule has 0 unspecified atom stereocenters. The van der Waals surface area contributed by atoms with Gasteiger partial charge in [0, 0.05) is 31.1 Å². The van der Waals surface area contributed by atoms with Crippen molar-refractivity contribution in [2.45, 2.75) is 65.3 Å². The summed E-state index contributed by atoms with van der Waals surface area (Å²) in [6.07, 6.45) is 6.49. The third-order valence-electron chi connectivity index (χ3n) is 5.32. The Bertz CT molecular complexity index is 666. The van der Waals surface area contributed by atoms with Crippen molar-refractivity contribution in [1.29, 1.82) is 0 Å². The van der Waals surface area contributed by atoms with Crippen LogP contribution in [0, 0.1) is 5.92 Å². The van der Waals surface area contributed by atoms with Crippen LogP contribution in [-0.2, 0) is 20.9 Å². The van der Waals surface area contributed by atoms with Crippen LogP contribution < -0.4 is 5.32 Å². The van der Waals surface area contributed by atoms with E-state index in [0.29, 0.717) is 31.8 Å². The quantitative estimate of drug-likeness (QED) is 0.606. The largest absolute Gasteiger partial charge is 0.466 e. The van der Waals surface area contributed by atoms with E-state index in [1.165, 1.54) is 6.42 Å². The Labute approximate surface area is 174 Å². The van der Waals surface area contributed by atoms with Gasteiger partial charge in [-0.25, -0.2) is 0 Å². The van der Waals surface area contributed by atoms with E-state index in [1.807, 2.05) is 19.1 Å². The monoisotopic (exact) mass is 402 g/mol. The van der Waals surface area contributed by atoms with Crippen LogP contribution in [0.3, 0.4) is 0 Å². The molecule has 6 nitrogen and oxygen atoms in total. The summed E-state index contributed by atoms with van der Waals surface area (Å²) >= 11 is 0. The molecule has 0 bridgehead atoms. The maximum atomic E-state index is 12.8. The van der Waals surface area contributed by atoms with Crippen molar-refractivity contribution in [3.05, 3.63) is 35.4 Å². The molecule has 1 fully saturated rings. The van der Waals surface area contributed by atoms with Crippen molar-refractivity contribution in [3.63, 3.8) is 0 Å². The van der Waals surface area contributed by atoms with E-state index in [2.05, 4.69) is 5.32 Å². The van der Waals surface area contributed by atoms with Crippen LogP contribution in [0.25, 0.3) is 0 Å². The molecule has 0 aromatic heterocycles. The fourth-order valence-corrected chi connectivity index (χ4v) is 3.69. The molecule has 1 aliphatic rings. The number of benzene rings is 1. The molecule has 0 spiro atoms. The van der Waals surface area contributed by atoms with Crippen molar-refractivity contribution < 1.29 is 19.1 Å². The molecule has 0 aliphatic heterocycles. The number of hydrogen-bond donors (Lipinski definition) is 1. The van der Waals surface area contributed by atoms with Crippen LogP contribution in [0.1, 0.15) is 74.7 Å². The van der Waals surface area contributed by atoms with E-state index >= 15 is 0 Å². The number of nitrogens with zero attached hydrogens (tertiary/aromatic N) is 1. The number of ether oxygens (including phenoxy) is 1. The smallest absolute Gasteiger partial charge is 0.307 e. The van der Waals surface area contributed by atoms with Crippen molar-refractivity contribution in [2.24, 2.45) is 5.92 Å². The van der Waals surface area contributed by atoms with Gasteiger partial charge >= 0.3 is 5.97 Å². The number of carbonyl (C=O) groups excluding carboxylic acids is 3. The highest BCUT2D eigenvalue weighted by Gasteiger charge is 2.21. The second-order valence-electron chi connectivity index (χ2n) is 7.60. The first-order valence-electron chi connectivity index (χ1n) is 10.9. The Kier molecular flexibility index (Phi) is 9.68. The summed E-state index contributed by atoms with van der Waals surface area (Å²) in [5.41, 5.74) is 1.56. The standard InChI is InChI=1S/C23H34N2O4/c1-3-15-25(16-14-21(26)29-4-2)23(28)20-12-10-18(11-13-20)17-24-22(27)19-8-6-5-7-9-19/h10-13,19H,3-9,14-17H2,1-2H3,(H,24,27). The highest BCUT2D eigenvalue weighted by molar-refractivity contribution is 5.94. The summed E-state index contributed by atoms with van der Waals surface area (Å²) in [6, 6.07) is 7.34. The zero-order chi connectivity index (χ0) is 21.1. The Morgan fingerprint density at radius 1 is 1.03 bits per heavy atom. The first-order chi connectivity index (χ1) is 14.0. The lowest BCUT2D eigenvalue weighted by atomic mass is 9.88. The maximum Gasteiger partial charge on any atom is 0.307 e. The number of hydrogen-bond acceptors (Lipinski definition) is 4. The molecule has 0 saturated heterocycles. The van der Waals surface area contributed by atoms with Gasteiger partial charge in [-0.3, -0.25) is 14.4 Å². The predicted molar refractivity (Wildman–Crippen MR) is 112 cm³/mol. The topological polar surface area (TPSA) is 75.7 Å². The lowest BCUT2D eigenvalue weighted by Crippen LogP contribution is -2.34. The van der Waals surface area contributed by atoms with E-state index in [0.717, 1.165) is 37.7 Å². The molecule has 2 rings (SSSR count). The number of carbonyl (C=O) groups is 3. The molecule has 0 radical (unpaired) electrons. The molecule has 29 heavy (non-hydrogen) atoms. The molecule has 0 atom stereocenters. The first kappa shape index (κ1) is 22.9. The average molecular weight is 403 g/mol. The minimum Gasteiger partial charge on any atom is -0.466 e. The average Bonchev–Trinajstić information content (AvgIpc) is 2.75. The summed E-state index contributed by atoms with van der Waals surface area (Å²) in [5.74, 6) is -0.0936. The van der Waals surface area contributed by atoms with Gasteiger partial charge in [-0.15, -0.1) is 0 Å². The Hall–Kier alpha value is -2.37. The van der Waals surface area contributed by atoms with Crippen LogP contribution in [-0.4, -0.2) is 42.4 Å². The molecule has 6 heteroatoms. The van der Waals surface area contributed by atoms with Gasteiger partial charge in [0.25, 0.3) is 5.91 Å². The van der Waals surface area contributed by atoms with E-state index in [9.17, 15) is 14.4 Å². The minimum absolute atomic E-state index is 0.0889. The van der Waals surface area contributed by atoms with E-state index in [1.54, 1.807) is 24.0 Å². The molecule has 1 aromatic carbocycles. The maximum absolute atomic E-state index is 12.8. The molecule has 0 heterocycles. The third kappa shape index (κ3) is 7.52. The summed E-state index contributed by atoms with van der Waals surface area (Å²) in [4.78, 5) is 38.4. The fraction of sp³-hybridized carbons (Fsp3) is 0.609. The molecule has 1 aromatic rings. The molecular formula is C23H34N2O4. The van der Waals surface area contributed by atoms with Crippen molar-refractivity contribution in [3.8, 4) is 0 Å². The van der Waals surface area contributed by atoms with Crippen molar-refractivity contribution in [1.82, 2.24) is 10.2 Å².